The maximum absolute atomic E-state index is 10.5. The van der Waals surface area contributed by atoms with Crippen molar-refractivity contribution < 1.29 is 4.79 Å². The van der Waals surface area contributed by atoms with Gasteiger partial charge in [0.05, 0.1) is 6.54 Å². The van der Waals surface area contributed by atoms with Gasteiger partial charge >= 0.3 is 0 Å². The molecule has 76 valence electrons. The summed E-state index contributed by atoms with van der Waals surface area (Å²) < 4.78 is 0. The molecule has 0 heterocycles. The molecule has 0 spiro atoms. The average Bonchev–Trinajstić information content (AvgIpc) is 2.15. The molecular formula is C11H16N2O. The molecule has 1 aromatic carbocycles. The van der Waals surface area contributed by atoms with E-state index in [1.807, 2.05) is 26.0 Å². The maximum atomic E-state index is 10.5. The molecule has 3 heteroatoms. The van der Waals surface area contributed by atoms with Crippen LogP contribution in [-0.2, 0) is 4.79 Å². The van der Waals surface area contributed by atoms with Crippen LogP contribution in [0, 0.1) is 6.92 Å². The van der Waals surface area contributed by atoms with Gasteiger partial charge in [0.2, 0.25) is 5.91 Å². The van der Waals surface area contributed by atoms with Crippen LogP contribution in [0.15, 0.2) is 24.3 Å². The molecular weight excluding hydrogens is 176 g/mol. The van der Waals surface area contributed by atoms with Crippen molar-refractivity contribution >= 4 is 5.91 Å². The molecule has 1 aromatic rings. The molecule has 0 fully saturated rings. The lowest BCUT2D eigenvalue weighted by atomic mass is 10.1. The van der Waals surface area contributed by atoms with Gasteiger partial charge in [-0.2, -0.15) is 0 Å². The highest BCUT2D eigenvalue weighted by atomic mass is 16.1. The Hall–Kier alpha value is -1.35. The van der Waals surface area contributed by atoms with E-state index in [1.165, 1.54) is 5.56 Å². The first-order valence-corrected chi connectivity index (χ1v) is 4.68. The first-order valence-electron chi connectivity index (χ1n) is 4.68. The Morgan fingerprint density at radius 1 is 1.43 bits per heavy atom. The second-order valence-electron chi connectivity index (χ2n) is 3.48. The van der Waals surface area contributed by atoms with Gasteiger partial charge in [0, 0.05) is 6.04 Å². The largest absolute Gasteiger partial charge is 0.369 e. The van der Waals surface area contributed by atoms with Crippen LogP contribution in [0.4, 0.5) is 0 Å². The summed E-state index contributed by atoms with van der Waals surface area (Å²) in [6, 6.07) is 8.36. The van der Waals surface area contributed by atoms with E-state index in [4.69, 9.17) is 5.73 Å². The van der Waals surface area contributed by atoms with Gasteiger partial charge in [0.15, 0.2) is 0 Å². The number of benzene rings is 1. The number of aryl methyl sites for hydroxylation is 1. The van der Waals surface area contributed by atoms with E-state index in [-0.39, 0.29) is 18.5 Å². The number of rotatable bonds is 4. The third-order valence-corrected chi connectivity index (χ3v) is 2.16. The molecule has 0 aliphatic rings. The molecule has 0 unspecified atom stereocenters. The zero-order valence-corrected chi connectivity index (χ0v) is 8.58. The van der Waals surface area contributed by atoms with Gasteiger partial charge in [0.1, 0.15) is 0 Å². The van der Waals surface area contributed by atoms with Gasteiger partial charge in [-0.25, -0.2) is 0 Å². The van der Waals surface area contributed by atoms with Crippen molar-refractivity contribution in [2.45, 2.75) is 19.9 Å². The molecule has 0 aromatic heterocycles. The number of hydrogen-bond acceptors (Lipinski definition) is 2. The van der Waals surface area contributed by atoms with Crippen LogP contribution < -0.4 is 11.1 Å². The highest BCUT2D eigenvalue weighted by molar-refractivity contribution is 5.75. The third kappa shape index (κ3) is 3.18. The summed E-state index contributed by atoms with van der Waals surface area (Å²) in [5, 5.41) is 3.04. The molecule has 0 bridgehead atoms. The lowest BCUT2D eigenvalue weighted by Gasteiger charge is -2.12. The van der Waals surface area contributed by atoms with Gasteiger partial charge in [-0.1, -0.05) is 29.8 Å². The Balaban J connectivity index is 2.56. The molecule has 0 aliphatic carbocycles. The number of amides is 1. The monoisotopic (exact) mass is 192 g/mol. The van der Waals surface area contributed by atoms with Gasteiger partial charge in [0.25, 0.3) is 0 Å². The zero-order valence-electron chi connectivity index (χ0n) is 8.58. The second kappa shape index (κ2) is 4.77. The fraction of sp³-hybridized carbons (Fsp3) is 0.364. The van der Waals surface area contributed by atoms with Crippen LogP contribution in [0.1, 0.15) is 24.1 Å². The summed E-state index contributed by atoms with van der Waals surface area (Å²) in [6.45, 7) is 4.27. The minimum absolute atomic E-state index is 0.156. The van der Waals surface area contributed by atoms with E-state index in [9.17, 15) is 4.79 Å². The van der Waals surface area contributed by atoms with Crippen LogP contribution in [-0.4, -0.2) is 12.5 Å². The van der Waals surface area contributed by atoms with Crippen molar-refractivity contribution in [2.24, 2.45) is 5.73 Å². The normalized spacial score (nSPS) is 12.4. The summed E-state index contributed by atoms with van der Waals surface area (Å²) in [6.07, 6.45) is 0. The molecule has 1 amide bonds. The number of nitrogens with one attached hydrogen (secondary N) is 1. The summed E-state index contributed by atoms with van der Waals surface area (Å²) in [5.74, 6) is -0.330. The smallest absolute Gasteiger partial charge is 0.231 e. The second-order valence-corrected chi connectivity index (χ2v) is 3.48. The average molecular weight is 192 g/mol. The van der Waals surface area contributed by atoms with Crippen molar-refractivity contribution in [3.05, 3.63) is 35.4 Å². The maximum Gasteiger partial charge on any atom is 0.231 e. The van der Waals surface area contributed by atoms with Crippen molar-refractivity contribution in [2.75, 3.05) is 6.54 Å². The van der Waals surface area contributed by atoms with Crippen LogP contribution in [0.25, 0.3) is 0 Å². The minimum atomic E-state index is -0.330. The number of carbonyl (C=O) groups is 1. The lowest BCUT2D eigenvalue weighted by molar-refractivity contribution is -0.117. The van der Waals surface area contributed by atoms with Crippen LogP contribution in [0.5, 0.6) is 0 Å². The van der Waals surface area contributed by atoms with Crippen molar-refractivity contribution in [3.8, 4) is 0 Å². The van der Waals surface area contributed by atoms with Crippen molar-refractivity contribution in [1.82, 2.24) is 5.32 Å². The molecule has 14 heavy (non-hydrogen) atoms. The van der Waals surface area contributed by atoms with Crippen molar-refractivity contribution in [1.29, 1.82) is 0 Å². The molecule has 0 aliphatic heterocycles. The lowest BCUT2D eigenvalue weighted by Crippen LogP contribution is -2.30. The summed E-state index contributed by atoms with van der Waals surface area (Å²) in [7, 11) is 0. The SMILES string of the molecule is Cc1ccc([C@@H](C)NCC(N)=O)cc1. The Kier molecular flexibility index (Phi) is 3.65. The standard InChI is InChI=1S/C11H16N2O/c1-8-3-5-10(6-4-8)9(2)13-7-11(12)14/h3-6,9,13H,7H2,1-2H3,(H2,12,14)/t9-/m1/s1. The number of nitrogens with two attached hydrogens (primary N) is 1. The molecule has 1 atom stereocenters. The summed E-state index contributed by atoms with van der Waals surface area (Å²) in [4.78, 5) is 10.5. The predicted octanol–water partition coefficient (Wildman–Crippen LogP) is 1.13. The number of hydrogen-bond donors (Lipinski definition) is 2. The van der Waals surface area contributed by atoms with Crippen molar-refractivity contribution in [3.63, 3.8) is 0 Å². The molecule has 0 saturated heterocycles. The zero-order chi connectivity index (χ0) is 10.6. The Morgan fingerprint density at radius 3 is 2.50 bits per heavy atom. The van der Waals surface area contributed by atoms with E-state index < -0.39 is 0 Å². The summed E-state index contributed by atoms with van der Waals surface area (Å²) >= 11 is 0. The third-order valence-electron chi connectivity index (χ3n) is 2.16. The van der Waals surface area contributed by atoms with Crippen LogP contribution in [0.3, 0.4) is 0 Å². The Labute approximate surface area is 84.3 Å². The van der Waals surface area contributed by atoms with Gasteiger partial charge in [-0.05, 0) is 19.4 Å². The molecule has 3 N–H and O–H groups in total. The van der Waals surface area contributed by atoms with Gasteiger partial charge < -0.3 is 11.1 Å². The highest BCUT2D eigenvalue weighted by Crippen LogP contribution is 2.12. The fourth-order valence-corrected chi connectivity index (χ4v) is 1.23. The van der Waals surface area contributed by atoms with E-state index in [0.717, 1.165) is 5.56 Å². The quantitative estimate of drug-likeness (QED) is 0.751. The Morgan fingerprint density at radius 2 is 2.00 bits per heavy atom. The highest BCUT2D eigenvalue weighted by Gasteiger charge is 2.04. The first kappa shape index (κ1) is 10.7. The van der Waals surface area contributed by atoms with E-state index in [2.05, 4.69) is 17.4 Å². The fourth-order valence-electron chi connectivity index (χ4n) is 1.23. The van der Waals surface area contributed by atoms with Gasteiger partial charge in [-0.15, -0.1) is 0 Å². The molecule has 0 radical (unpaired) electrons. The van der Waals surface area contributed by atoms with Gasteiger partial charge in [-0.3, -0.25) is 4.79 Å². The molecule has 1 rings (SSSR count). The molecule has 3 nitrogen and oxygen atoms in total. The molecule has 0 saturated carbocycles. The minimum Gasteiger partial charge on any atom is -0.369 e. The van der Waals surface area contributed by atoms with Crippen LogP contribution in [0.2, 0.25) is 0 Å². The number of primary amides is 1. The van der Waals surface area contributed by atoms with Crippen LogP contribution >= 0.6 is 0 Å². The predicted molar refractivity (Wildman–Crippen MR) is 56.8 cm³/mol. The van der Waals surface area contributed by atoms with E-state index in [1.54, 1.807) is 0 Å². The first-order chi connectivity index (χ1) is 6.59. The summed E-state index contributed by atoms with van der Waals surface area (Å²) in [5.41, 5.74) is 7.44. The topological polar surface area (TPSA) is 55.1 Å². The number of carbonyl (C=O) groups excluding carboxylic acids is 1. The van der Waals surface area contributed by atoms with E-state index in [0.29, 0.717) is 0 Å². The Bertz CT molecular complexity index is 306. The van der Waals surface area contributed by atoms with E-state index >= 15 is 0 Å².